The number of carbonyl (C=O) groups excluding carboxylic acids is 1. The number of urea groups is 1. The van der Waals surface area contributed by atoms with Crippen molar-refractivity contribution >= 4 is 23.5 Å². The number of thioether (sulfide) groups is 1. The van der Waals surface area contributed by atoms with E-state index in [1.807, 2.05) is 19.1 Å². The van der Waals surface area contributed by atoms with E-state index in [0.717, 1.165) is 5.56 Å². The first-order chi connectivity index (χ1) is 10.5. The number of carbonyl (C=O) groups is 1. The van der Waals surface area contributed by atoms with Crippen LogP contribution in [0, 0.1) is 0 Å². The first-order valence-electron chi connectivity index (χ1n) is 6.57. The molecule has 116 valence electrons. The zero-order valence-electron chi connectivity index (χ0n) is 11.8. The number of amides is 2. The van der Waals surface area contributed by atoms with Gasteiger partial charge in [-0.15, -0.1) is 0 Å². The Morgan fingerprint density at radius 2 is 1.95 bits per heavy atom. The smallest absolute Gasteiger partial charge is 0.319 e. The summed E-state index contributed by atoms with van der Waals surface area (Å²) in [5.74, 6) is -2.49. The van der Waals surface area contributed by atoms with Gasteiger partial charge < -0.3 is 10.6 Å². The van der Waals surface area contributed by atoms with E-state index in [1.54, 1.807) is 30.6 Å². The molecule has 7 heteroatoms. The zero-order valence-corrected chi connectivity index (χ0v) is 12.6. The zero-order chi connectivity index (χ0) is 15.9. The fourth-order valence-corrected chi connectivity index (χ4v) is 2.41. The maximum absolute atomic E-state index is 12.3. The predicted octanol–water partition coefficient (Wildman–Crippen LogP) is 4.28. The normalized spacial score (nSPS) is 12.0. The van der Waals surface area contributed by atoms with Crippen molar-refractivity contribution in [3.05, 3.63) is 54.4 Å². The number of aromatic nitrogens is 1. The molecular weight excluding hydrogens is 308 g/mol. The fraction of sp³-hybridized carbons (Fsp3) is 0.200. The summed E-state index contributed by atoms with van der Waals surface area (Å²) in [6.45, 7) is 1.85. The Kier molecular flexibility index (Phi) is 5.71. The number of nitrogens with zero attached hydrogens (tertiary/aromatic N) is 1. The molecule has 2 amide bonds. The standard InChI is InChI=1S/C15H15F2N3OS/c1-10(11-5-7-18-8-6-11)19-15(21)20-12-3-2-4-13(9-12)22-14(16)17/h2-10,14H,1H3,(H2,19,20,21)/t10-/m1/s1. The summed E-state index contributed by atoms with van der Waals surface area (Å²) in [4.78, 5) is 16.3. The summed E-state index contributed by atoms with van der Waals surface area (Å²) < 4.78 is 24.7. The van der Waals surface area contributed by atoms with Crippen LogP contribution in [0.3, 0.4) is 0 Å². The third kappa shape index (κ3) is 5.00. The van der Waals surface area contributed by atoms with E-state index >= 15 is 0 Å². The lowest BCUT2D eigenvalue weighted by atomic mass is 10.1. The number of hydrogen-bond acceptors (Lipinski definition) is 3. The molecule has 0 saturated carbocycles. The van der Waals surface area contributed by atoms with E-state index in [2.05, 4.69) is 15.6 Å². The Morgan fingerprint density at radius 1 is 1.23 bits per heavy atom. The first kappa shape index (κ1) is 16.2. The van der Waals surface area contributed by atoms with Gasteiger partial charge in [-0.05, 0) is 42.8 Å². The van der Waals surface area contributed by atoms with Crippen LogP contribution in [-0.4, -0.2) is 16.8 Å². The molecule has 1 atom stereocenters. The molecule has 1 aromatic heterocycles. The lowest BCUT2D eigenvalue weighted by Crippen LogP contribution is -2.31. The maximum Gasteiger partial charge on any atom is 0.319 e. The fourth-order valence-electron chi connectivity index (χ4n) is 1.85. The van der Waals surface area contributed by atoms with E-state index in [4.69, 9.17) is 0 Å². The third-order valence-corrected chi connectivity index (χ3v) is 3.58. The van der Waals surface area contributed by atoms with Crippen molar-refractivity contribution in [2.24, 2.45) is 0 Å². The minimum atomic E-state index is -2.49. The average molecular weight is 323 g/mol. The molecule has 2 aromatic rings. The number of halogens is 2. The van der Waals surface area contributed by atoms with Crippen LogP contribution < -0.4 is 10.6 Å². The van der Waals surface area contributed by atoms with Crippen molar-refractivity contribution in [1.29, 1.82) is 0 Å². The summed E-state index contributed by atoms with van der Waals surface area (Å²) in [7, 11) is 0. The predicted molar refractivity (Wildman–Crippen MR) is 83.1 cm³/mol. The highest BCUT2D eigenvalue weighted by molar-refractivity contribution is 7.99. The molecule has 1 heterocycles. The van der Waals surface area contributed by atoms with Crippen LogP contribution >= 0.6 is 11.8 Å². The van der Waals surface area contributed by atoms with Crippen LogP contribution in [0.15, 0.2) is 53.7 Å². The van der Waals surface area contributed by atoms with Gasteiger partial charge >= 0.3 is 6.03 Å². The van der Waals surface area contributed by atoms with Gasteiger partial charge in [0.2, 0.25) is 0 Å². The second-order valence-corrected chi connectivity index (χ2v) is 5.57. The molecule has 0 aliphatic rings. The Bertz CT molecular complexity index is 625. The van der Waals surface area contributed by atoms with Crippen LogP contribution in [0.5, 0.6) is 0 Å². The number of nitrogens with one attached hydrogen (secondary N) is 2. The molecule has 22 heavy (non-hydrogen) atoms. The van der Waals surface area contributed by atoms with Crippen molar-refractivity contribution in [2.75, 3.05) is 5.32 Å². The Labute approximate surface area is 131 Å². The Morgan fingerprint density at radius 3 is 2.64 bits per heavy atom. The van der Waals surface area contributed by atoms with Crippen molar-refractivity contribution in [3.8, 4) is 0 Å². The summed E-state index contributed by atoms with van der Waals surface area (Å²) >= 11 is 0.438. The summed E-state index contributed by atoms with van der Waals surface area (Å²) in [5.41, 5.74) is 1.39. The molecule has 0 aliphatic heterocycles. The van der Waals surface area contributed by atoms with Gasteiger partial charge in [0.1, 0.15) is 0 Å². The van der Waals surface area contributed by atoms with E-state index in [1.165, 1.54) is 6.07 Å². The van der Waals surface area contributed by atoms with Gasteiger partial charge in [-0.1, -0.05) is 17.8 Å². The minimum absolute atomic E-state index is 0.193. The molecule has 1 aromatic carbocycles. The Hall–Kier alpha value is -2.15. The quantitative estimate of drug-likeness (QED) is 0.808. The van der Waals surface area contributed by atoms with E-state index in [9.17, 15) is 13.6 Å². The molecule has 4 nitrogen and oxygen atoms in total. The van der Waals surface area contributed by atoms with Crippen LogP contribution in [0.1, 0.15) is 18.5 Å². The van der Waals surface area contributed by atoms with Gasteiger partial charge in [-0.2, -0.15) is 8.78 Å². The molecule has 2 rings (SSSR count). The van der Waals surface area contributed by atoms with Gasteiger partial charge in [0, 0.05) is 23.0 Å². The van der Waals surface area contributed by atoms with E-state index in [0.29, 0.717) is 22.3 Å². The molecule has 0 radical (unpaired) electrons. The molecular formula is C15H15F2N3OS. The van der Waals surface area contributed by atoms with Gasteiger partial charge in [0.05, 0.1) is 6.04 Å². The van der Waals surface area contributed by atoms with Crippen LogP contribution in [0.25, 0.3) is 0 Å². The monoisotopic (exact) mass is 323 g/mol. The largest absolute Gasteiger partial charge is 0.331 e. The highest BCUT2D eigenvalue weighted by Gasteiger charge is 2.10. The van der Waals surface area contributed by atoms with Gasteiger partial charge in [0.15, 0.2) is 0 Å². The number of alkyl halides is 2. The van der Waals surface area contributed by atoms with E-state index < -0.39 is 11.8 Å². The SMILES string of the molecule is C[C@@H](NC(=O)Nc1cccc(SC(F)F)c1)c1ccncc1. The first-order valence-corrected chi connectivity index (χ1v) is 7.45. The van der Waals surface area contributed by atoms with E-state index in [-0.39, 0.29) is 6.04 Å². The Balaban J connectivity index is 1.94. The molecule has 0 unspecified atom stereocenters. The number of pyridine rings is 1. The molecule has 0 aliphatic carbocycles. The minimum Gasteiger partial charge on any atom is -0.331 e. The molecule has 0 saturated heterocycles. The highest BCUT2D eigenvalue weighted by Crippen LogP contribution is 2.27. The summed E-state index contributed by atoms with van der Waals surface area (Å²) in [5, 5.41) is 5.40. The number of benzene rings is 1. The van der Waals surface area contributed by atoms with Gasteiger partial charge in [-0.3, -0.25) is 4.98 Å². The molecule has 0 bridgehead atoms. The summed E-state index contributed by atoms with van der Waals surface area (Å²) in [6, 6.07) is 9.37. The topological polar surface area (TPSA) is 54.0 Å². The number of rotatable bonds is 5. The maximum atomic E-state index is 12.3. The molecule has 0 fully saturated rings. The average Bonchev–Trinajstić information content (AvgIpc) is 2.47. The number of anilines is 1. The second kappa shape index (κ2) is 7.74. The second-order valence-electron chi connectivity index (χ2n) is 4.51. The molecule has 2 N–H and O–H groups in total. The van der Waals surface area contributed by atoms with Crippen molar-refractivity contribution < 1.29 is 13.6 Å². The third-order valence-electron chi connectivity index (χ3n) is 2.87. The molecule has 0 spiro atoms. The van der Waals surface area contributed by atoms with Gasteiger partial charge in [-0.25, -0.2) is 4.79 Å². The van der Waals surface area contributed by atoms with Gasteiger partial charge in [0.25, 0.3) is 5.76 Å². The lowest BCUT2D eigenvalue weighted by Gasteiger charge is -2.15. The summed E-state index contributed by atoms with van der Waals surface area (Å²) in [6.07, 6.45) is 3.30. The van der Waals surface area contributed by atoms with Crippen LogP contribution in [0.4, 0.5) is 19.3 Å². The van der Waals surface area contributed by atoms with Crippen molar-refractivity contribution in [1.82, 2.24) is 10.3 Å². The van der Waals surface area contributed by atoms with Crippen molar-refractivity contribution in [2.45, 2.75) is 23.6 Å². The van der Waals surface area contributed by atoms with Crippen molar-refractivity contribution in [3.63, 3.8) is 0 Å². The van der Waals surface area contributed by atoms with Crippen LogP contribution in [0.2, 0.25) is 0 Å². The number of hydrogen-bond donors (Lipinski definition) is 2. The lowest BCUT2D eigenvalue weighted by molar-refractivity contribution is 0.249. The van der Waals surface area contributed by atoms with Crippen LogP contribution in [-0.2, 0) is 0 Å². The highest BCUT2D eigenvalue weighted by atomic mass is 32.2.